The van der Waals surface area contributed by atoms with Gasteiger partial charge in [-0.15, -0.1) is 0 Å². The maximum Gasteiger partial charge on any atom is 0.261 e. The smallest absolute Gasteiger partial charge is 0.261 e. The number of aromatic hydroxyl groups is 1. The Hall–Kier alpha value is -4.24. The standard InChI is InChI=1S/C31H32N4O2/c1-4-6-12-29-34-30(36)27(19-22-13-15-24(16-14-22)26-11-8-17-33-21(26)3)31(37)35(29)28(5-2)25-10-7-9-23(18-25)20-32/h7-11,13-18,28,36H,4-6,12,19H2,1-3H3/t28-/m0/s1. The van der Waals surface area contributed by atoms with Crippen LogP contribution in [0.3, 0.4) is 0 Å². The van der Waals surface area contributed by atoms with Crippen LogP contribution in [0.5, 0.6) is 5.88 Å². The minimum absolute atomic E-state index is 0.208. The van der Waals surface area contributed by atoms with E-state index in [1.807, 2.05) is 68.4 Å². The highest BCUT2D eigenvalue weighted by Gasteiger charge is 2.23. The molecule has 1 atom stereocenters. The zero-order valence-electron chi connectivity index (χ0n) is 21.6. The molecule has 0 saturated carbocycles. The van der Waals surface area contributed by atoms with Crippen LogP contribution in [-0.4, -0.2) is 19.6 Å². The Morgan fingerprint density at radius 1 is 1.08 bits per heavy atom. The molecule has 1 N–H and O–H groups in total. The van der Waals surface area contributed by atoms with Crippen molar-refractivity contribution in [3.8, 4) is 23.1 Å². The van der Waals surface area contributed by atoms with Crippen molar-refractivity contribution in [3.63, 3.8) is 0 Å². The molecule has 0 aliphatic carbocycles. The number of nitrogens with zero attached hydrogens (tertiary/aromatic N) is 4. The van der Waals surface area contributed by atoms with Crippen molar-refractivity contribution in [2.75, 3.05) is 0 Å². The summed E-state index contributed by atoms with van der Waals surface area (Å²) in [6.45, 7) is 6.08. The van der Waals surface area contributed by atoms with Gasteiger partial charge in [0, 0.05) is 30.3 Å². The molecule has 0 amide bonds. The summed E-state index contributed by atoms with van der Waals surface area (Å²) in [5, 5.41) is 20.3. The fourth-order valence-corrected chi connectivity index (χ4v) is 4.77. The minimum Gasteiger partial charge on any atom is -0.493 e. The SMILES string of the molecule is CCCCc1nc(O)c(Cc2ccc(-c3cccnc3C)cc2)c(=O)n1[C@@H](CC)c1cccc(C#N)c1. The van der Waals surface area contributed by atoms with Crippen molar-refractivity contribution in [3.05, 3.63) is 111 Å². The Morgan fingerprint density at radius 2 is 1.86 bits per heavy atom. The second-order valence-corrected chi connectivity index (χ2v) is 9.28. The van der Waals surface area contributed by atoms with E-state index in [9.17, 15) is 15.2 Å². The van der Waals surface area contributed by atoms with Gasteiger partial charge in [0.05, 0.1) is 23.2 Å². The van der Waals surface area contributed by atoms with Crippen LogP contribution in [0.2, 0.25) is 0 Å². The molecule has 0 saturated heterocycles. The summed E-state index contributed by atoms with van der Waals surface area (Å²) < 4.78 is 1.73. The van der Waals surface area contributed by atoms with Gasteiger partial charge >= 0.3 is 0 Å². The molecule has 0 bridgehead atoms. The van der Waals surface area contributed by atoms with Crippen molar-refractivity contribution in [2.24, 2.45) is 0 Å². The Morgan fingerprint density at radius 3 is 2.54 bits per heavy atom. The second-order valence-electron chi connectivity index (χ2n) is 9.28. The lowest BCUT2D eigenvalue weighted by molar-refractivity contribution is 0.420. The third-order valence-electron chi connectivity index (χ3n) is 6.77. The summed E-state index contributed by atoms with van der Waals surface area (Å²) in [5.41, 5.74) is 5.45. The molecular weight excluding hydrogens is 460 g/mol. The highest BCUT2D eigenvalue weighted by atomic mass is 16.3. The van der Waals surface area contributed by atoms with Gasteiger partial charge < -0.3 is 5.11 Å². The van der Waals surface area contributed by atoms with Gasteiger partial charge in [-0.05, 0) is 54.7 Å². The lowest BCUT2D eigenvalue weighted by Gasteiger charge is -2.23. The van der Waals surface area contributed by atoms with Gasteiger partial charge in [-0.25, -0.2) is 0 Å². The van der Waals surface area contributed by atoms with Gasteiger partial charge in [0.15, 0.2) is 0 Å². The first kappa shape index (κ1) is 25.8. The maximum atomic E-state index is 13.9. The van der Waals surface area contributed by atoms with E-state index in [-0.39, 0.29) is 29.5 Å². The van der Waals surface area contributed by atoms with Gasteiger partial charge in [-0.3, -0.25) is 14.3 Å². The Balaban J connectivity index is 1.76. The molecule has 37 heavy (non-hydrogen) atoms. The summed E-state index contributed by atoms with van der Waals surface area (Å²) in [4.78, 5) is 22.8. The number of pyridine rings is 1. The number of hydrogen-bond acceptors (Lipinski definition) is 5. The average molecular weight is 493 g/mol. The number of aryl methyl sites for hydroxylation is 2. The van der Waals surface area contributed by atoms with Crippen molar-refractivity contribution >= 4 is 0 Å². The number of aromatic nitrogens is 3. The van der Waals surface area contributed by atoms with E-state index in [1.54, 1.807) is 16.8 Å². The maximum absolute atomic E-state index is 13.9. The lowest BCUT2D eigenvalue weighted by Crippen LogP contribution is -2.32. The topological polar surface area (TPSA) is 91.8 Å². The molecule has 0 spiro atoms. The molecule has 4 rings (SSSR count). The highest BCUT2D eigenvalue weighted by Crippen LogP contribution is 2.27. The first-order valence-corrected chi connectivity index (χ1v) is 12.8. The van der Waals surface area contributed by atoms with Crippen LogP contribution in [-0.2, 0) is 12.8 Å². The molecule has 2 aromatic heterocycles. The van der Waals surface area contributed by atoms with Crippen molar-refractivity contribution in [2.45, 2.75) is 58.9 Å². The molecule has 4 aromatic rings. The highest BCUT2D eigenvalue weighted by molar-refractivity contribution is 5.65. The Kier molecular flexibility index (Phi) is 8.15. The number of rotatable bonds is 9. The Labute approximate surface area is 217 Å². The first-order valence-electron chi connectivity index (χ1n) is 12.8. The van der Waals surface area contributed by atoms with Gasteiger partial charge in [-0.2, -0.15) is 10.2 Å². The third-order valence-corrected chi connectivity index (χ3v) is 6.77. The van der Waals surface area contributed by atoms with Gasteiger partial charge in [-0.1, -0.05) is 62.7 Å². The van der Waals surface area contributed by atoms with Gasteiger partial charge in [0.2, 0.25) is 5.88 Å². The molecule has 0 aliphatic rings. The average Bonchev–Trinajstić information content (AvgIpc) is 2.92. The van der Waals surface area contributed by atoms with Crippen LogP contribution in [0.15, 0.2) is 71.7 Å². The van der Waals surface area contributed by atoms with Gasteiger partial charge in [0.25, 0.3) is 5.56 Å². The normalized spacial score (nSPS) is 11.7. The number of benzene rings is 2. The summed E-state index contributed by atoms with van der Waals surface area (Å²) in [6, 6.07) is 21.2. The van der Waals surface area contributed by atoms with Crippen LogP contribution >= 0.6 is 0 Å². The number of unbranched alkanes of at least 4 members (excludes halogenated alkanes) is 1. The lowest BCUT2D eigenvalue weighted by atomic mass is 9.99. The summed E-state index contributed by atoms with van der Waals surface area (Å²) >= 11 is 0. The first-order chi connectivity index (χ1) is 18.0. The van der Waals surface area contributed by atoms with Crippen molar-refractivity contribution in [1.29, 1.82) is 5.26 Å². The van der Waals surface area contributed by atoms with E-state index in [4.69, 9.17) is 0 Å². The van der Waals surface area contributed by atoms with Crippen LogP contribution in [0.1, 0.15) is 72.9 Å². The Bertz CT molecular complexity index is 1480. The van der Waals surface area contributed by atoms with Crippen LogP contribution < -0.4 is 5.56 Å². The zero-order chi connectivity index (χ0) is 26.4. The van der Waals surface area contributed by atoms with Crippen LogP contribution in [0.25, 0.3) is 11.1 Å². The fourth-order valence-electron chi connectivity index (χ4n) is 4.77. The number of nitriles is 1. The molecule has 0 radical (unpaired) electrons. The summed E-state index contributed by atoms with van der Waals surface area (Å²) in [6.07, 6.45) is 5.09. The molecule has 188 valence electrons. The van der Waals surface area contributed by atoms with E-state index in [0.717, 1.165) is 40.8 Å². The van der Waals surface area contributed by atoms with Gasteiger partial charge in [0.1, 0.15) is 5.82 Å². The van der Waals surface area contributed by atoms with E-state index in [2.05, 4.69) is 23.0 Å². The minimum atomic E-state index is -0.282. The predicted octanol–water partition coefficient (Wildman–Crippen LogP) is 6.12. The molecule has 2 heterocycles. The quantitative estimate of drug-likeness (QED) is 0.304. The van der Waals surface area contributed by atoms with Crippen LogP contribution in [0.4, 0.5) is 0 Å². The molecule has 6 heteroatoms. The largest absolute Gasteiger partial charge is 0.493 e. The molecule has 0 aliphatic heterocycles. The van der Waals surface area contributed by atoms with Crippen LogP contribution in [0, 0.1) is 18.3 Å². The van der Waals surface area contributed by atoms with E-state index in [0.29, 0.717) is 24.2 Å². The van der Waals surface area contributed by atoms with Crippen molar-refractivity contribution < 1.29 is 5.11 Å². The zero-order valence-corrected chi connectivity index (χ0v) is 21.6. The fraction of sp³-hybridized carbons (Fsp3) is 0.290. The van der Waals surface area contributed by atoms with E-state index < -0.39 is 0 Å². The predicted molar refractivity (Wildman–Crippen MR) is 146 cm³/mol. The second kappa shape index (κ2) is 11.7. The molecule has 0 fully saturated rings. The molecule has 6 nitrogen and oxygen atoms in total. The number of hydrogen-bond donors (Lipinski definition) is 1. The monoisotopic (exact) mass is 492 g/mol. The van der Waals surface area contributed by atoms with Crippen molar-refractivity contribution in [1.82, 2.24) is 14.5 Å². The third kappa shape index (κ3) is 5.62. The summed E-state index contributed by atoms with van der Waals surface area (Å²) in [5.74, 6) is 0.366. The summed E-state index contributed by atoms with van der Waals surface area (Å²) in [7, 11) is 0. The molecule has 2 aromatic carbocycles. The van der Waals surface area contributed by atoms with E-state index in [1.165, 1.54) is 0 Å². The van der Waals surface area contributed by atoms with E-state index >= 15 is 0 Å². The molecule has 0 unspecified atom stereocenters. The molecular formula is C31H32N4O2.